The number of rotatable bonds is 4. The quantitative estimate of drug-likeness (QED) is 0.836. The molecule has 1 fully saturated rings. The van der Waals surface area contributed by atoms with Gasteiger partial charge in [0, 0.05) is 31.3 Å². The van der Waals surface area contributed by atoms with Crippen LogP contribution in [-0.4, -0.2) is 27.6 Å². The van der Waals surface area contributed by atoms with Crippen molar-refractivity contribution in [3.63, 3.8) is 0 Å². The smallest absolute Gasteiger partial charge is 0.244 e. The predicted octanol–water partition coefficient (Wildman–Crippen LogP) is 1.88. The van der Waals surface area contributed by atoms with E-state index in [-0.39, 0.29) is 23.9 Å². The Labute approximate surface area is 146 Å². The molecule has 0 spiro atoms. The van der Waals surface area contributed by atoms with Gasteiger partial charge in [-0.15, -0.1) is 0 Å². The Morgan fingerprint density at radius 1 is 1.36 bits per heavy atom. The molecule has 25 heavy (non-hydrogen) atoms. The molecule has 0 unspecified atom stereocenters. The number of carbonyl (C=O) groups is 2. The molecule has 1 aromatic carbocycles. The summed E-state index contributed by atoms with van der Waals surface area (Å²) >= 11 is 0. The Kier molecular flexibility index (Phi) is 4.97. The first-order valence-electron chi connectivity index (χ1n) is 8.34. The van der Waals surface area contributed by atoms with Gasteiger partial charge < -0.3 is 10.6 Å². The van der Waals surface area contributed by atoms with Gasteiger partial charge in [0.1, 0.15) is 0 Å². The predicted molar refractivity (Wildman–Crippen MR) is 95.5 cm³/mol. The first kappa shape index (κ1) is 17.0. The van der Waals surface area contributed by atoms with Gasteiger partial charge in [-0.25, -0.2) is 0 Å². The SMILES string of the molecule is Cc1ccc(/C=C\C(=O)N[C@H]2CCC(=O)N[C@@H]2c2cnn(C)c2)cc1. The minimum atomic E-state index is -0.258. The first-order valence-corrected chi connectivity index (χ1v) is 8.34. The van der Waals surface area contributed by atoms with Crippen molar-refractivity contribution in [2.24, 2.45) is 7.05 Å². The van der Waals surface area contributed by atoms with Crippen LogP contribution in [0, 0.1) is 6.92 Å². The van der Waals surface area contributed by atoms with Crippen molar-refractivity contribution in [1.82, 2.24) is 20.4 Å². The number of hydrogen-bond donors (Lipinski definition) is 2. The van der Waals surface area contributed by atoms with E-state index < -0.39 is 0 Å². The molecule has 1 aliphatic rings. The molecule has 2 amide bonds. The molecule has 6 nitrogen and oxygen atoms in total. The van der Waals surface area contributed by atoms with E-state index in [1.807, 2.05) is 44.4 Å². The Bertz CT molecular complexity index is 792. The molecule has 1 aromatic heterocycles. The van der Waals surface area contributed by atoms with Crippen LogP contribution in [0.2, 0.25) is 0 Å². The number of aryl methyl sites for hydroxylation is 2. The van der Waals surface area contributed by atoms with E-state index in [2.05, 4.69) is 15.7 Å². The summed E-state index contributed by atoms with van der Waals surface area (Å²) in [5, 5.41) is 10.1. The van der Waals surface area contributed by atoms with Crippen LogP contribution in [-0.2, 0) is 16.6 Å². The second-order valence-corrected chi connectivity index (χ2v) is 6.39. The highest BCUT2D eigenvalue weighted by Gasteiger charge is 2.31. The largest absolute Gasteiger partial charge is 0.347 e. The van der Waals surface area contributed by atoms with Gasteiger partial charge in [0.15, 0.2) is 0 Å². The van der Waals surface area contributed by atoms with Crippen LogP contribution in [0.15, 0.2) is 42.7 Å². The van der Waals surface area contributed by atoms with Crippen molar-refractivity contribution >= 4 is 17.9 Å². The summed E-state index contributed by atoms with van der Waals surface area (Å²) in [7, 11) is 1.83. The van der Waals surface area contributed by atoms with Crippen molar-refractivity contribution in [2.45, 2.75) is 31.8 Å². The Balaban J connectivity index is 1.67. The average molecular weight is 338 g/mol. The van der Waals surface area contributed by atoms with E-state index in [0.29, 0.717) is 12.8 Å². The van der Waals surface area contributed by atoms with Crippen LogP contribution >= 0.6 is 0 Å². The fourth-order valence-electron chi connectivity index (χ4n) is 2.95. The van der Waals surface area contributed by atoms with Crippen LogP contribution in [0.4, 0.5) is 0 Å². The molecule has 0 saturated carbocycles. The average Bonchev–Trinajstić information content (AvgIpc) is 3.02. The monoisotopic (exact) mass is 338 g/mol. The summed E-state index contributed by atoms with van der Waals surface area (Å²) in [5.41, 5.74) is 3.05. The molecule has 3 rings (SSSR count). The van der Waals surface area contributed by atoms with E-state index in [4.69, 9.17) is 0 Å². The standard InChI is InChI=1S/C19H22N4O2/c1-13-3-5-14(6-4-13)7-9-17(24)21-16-8-10-18(25)22-19(16)15-11-20-23(2)12-15/h3-7,9,11-12,16,19H,8,10H2,1-2H3,(H,21,24)(H,22,25)/b9-7-/t16-,19+/m0/s1. The minimum absolute atomic E-state index is 0.00505. The lowest BCUT2D eigenvalue weighted by Crippen LogP contribution is -2.49. The second-order valence-electron chi connectivity index (χ2n) is 6.39. The molecule has 2 atom stereocenters. The zero-order valence-electron chi connectivity index (χ0n) is 14.4. The Hall–Kier alpha value is -2.89. The summed E-state index contributed by atoms with van der Waals surface area (Å²) < 4.78 is 1.69. The molecule has 130 valence electrons. The molecule has 0 aliphatic carbocycles. The van der Waals surface area contributed by atoms with Crippen molar-refractivity contribution in [2.75, 3.05) is 0 Å². The third-order valence-electron chi connectivity index (χ3n) is 4.32. The van der Waals surface area contributed by atoms with Crippen LogP contribution < -0.4 is 10.6 Å². The highest BCUT2D eigenvalue weighted by Crippen LogP contribution is 2.23. The van der Waals surface area contributed by atoms with Gasteiger partial charge in [-0.3, -0.25) is 14.3 Å². The third-order valence-corrected chi connectivity index (χ3v) is 4.32. The van der Waals surface area contributed by atoms with Gasteiger partial charge in [-0.1, -0.05) is 29.8 Å². The van der Waals surface area contributed by atoms with E-state index in [0.717, 1.165) is 11.1 Å². The summed E-state index contributed by atoms with van der Waals surface area (Å²) in [5.74, 6) is -0.176. The zero-order chi connectivity index (χ0) is 17.8. The van der Waals surface area contributed by atoms with E-state index in [9.17, 15) is 9.59 Å². The van der Waals surface area contributed by atoms with Crippen molar-refractivity contribution in [3.8, 4) is 0 Å². The molecule has 2 heterocycles. The number of carbonyl (C=O) groups excluding carboxylic acids is 2. The van der Waals surface area contributed by atoms with Gasteiger partial charge >= 0.3 is 0 Å². The summed E-state index contributed by atoms with van der Waals surface area (Å²) in [6, 6.07) is 7.54. The fraction of sp³-hybridized carbons (Fsp3) is 0.316. The summed E-state index contributed by atoms with van der Waals surface area (Å²) in [6.07, 6.45) is 7.91. The number of hydrogen-bond acceptors (Lipinski definition) is 3. The molecule has 0 bridgehead atoms. The molecule has 0 radical (unpaired) electrons. The van der Waals surface area contributed by atoms with E-state index in [1.165, 1.54) is 11.6 Å². The number of piperidine rings is 1. The molecule has 2 N–H and O–H groups in total. The second kappa shape index (κ2) is 7.34. The lowest BCUT2D eigenvalue weighted by atomic mass is 9.93. The third kappa shape index (κ3) is 4.35. The number of aromatic nitrogens is 2. The summed E-state index contributed by atoms with van der Waals surface area (Å²) in [6.45, 7) is 2.02. The number of nitrogens with zero attached hydrogens (tertiary/aromatic N) is 2. The normalized spacial score (nSPS) is 20.5. The van der Waals surface area contributed by atoms with Gasteiger partial charge in [0.2, 0.25) is 11.8 Å². The lowest BCUT2D eigenvalue weighted by Gasteiger charge is -2.32. The topological polar surface area (TPSA) is 76.0 Å². The molecule has 1 saturated heterocycles. The summed E-state index contributed by atoms with van der Waals surface area (Å²) in [4.78, 5) is 24.0. The van der Waals surface area contributed by atoms with E-state index in [1.54, 1.807) is 17.0 Å². The van der Waals surface area contributed by atoms with Gasteiger partial charge in [0.05, 0.1) is 18.3 Å². The first-order chi connectivity index (χ1) is 12.0. The van der Waals surface area contributed by atoms with Crippen LogP contribution in [0.3, 0.4) is 0 Å². The lowest BCUT2D eigenvalue weighted by molar-refractivity contribution is -0.125. The Morgan fingerprint density at radius 2 is 2.12 bits per heavy atom. The molecular formula is C19H22N4O2. The van der Waals surface area contributed by atoms with Crippen molar-refractivity contribution in [3.05, 3.63) is 59.4 Å². The molecule has 2 aromatic rings. The highest BCUT2D eigenvalue weighted by molar-refractivity contribution is 5.92. The molecule has 6 heteroatoms. The van der Waals surface area contributed by atoms with Crippen molar-refractivity contribution in [1.29, 1.82) is 0 Å². The van der Waals surface area contributed by atoms with Crippen molar-refractivity contribution < 1.29 is 9.59 Å². The Morgan fingerprint density at radius 3 is 2.80 bits per heavy atom. The molecule has 1 aliphatic heterocycles. The maximum atomic E-state index is 12.3. The van der Waals surface area contributed by atoms with Gasteiger partial charge in [-0.2, -0.15) is 5.10 Å². The zero-order valence-corrected chi connectivity index (χ0v) is 14.4. The number of benzene rings is 1. The number of amides is 2. The van der Waals surface area contributed by atoms with Crippen LogP contribution in [0.25, 0.3) is 6.08 Å². The fourth-order valence-corrected chi connectivity index (χ4v) is 2.95. The maximum absolute atomic E-state index is 12.3. The molecular weight excluding hydrogens is 316 g/mol. The van der Waals surface area contributed by atoms with Crippen LogP contribution in [0.5, 0.6) is 0 Å². The highest BCUT2D eigenvalue weighted by atomic mass is 16.2. The van der Waals surface area contributed by atoms with Gasteiger partial charge in [-0.05, 0) is 25.0 Å². The number of nitrogens with one attached hydrogen (secondary N) is 2. The maximum Gasteiger partial charge on any atom is 0.244 e. The van der Waals surface area contributed by atoms with E-state index >= 15 is 0 Å². The minimum Gasteiger partial charge on any atom is -0.347 e. The van der Waals surface area contributed by atoms with Crippen LogP contribution in [0.1, 0.15) is 35.6 Å². The van der Waals surface area contributed by atoms with Gasteiger partial charge in [0.25, 0.3) is 0 Å².